The van der Waals surface area contributed by atoms with Gasteiger partial charge in [-0.05, 0) is 18.9 Å². The molecular weight excluding hydrogens is 200 g/mol. The van der Waals surface area contributed by atoms with E-state index in [2.05, 4.69) is 0 Å². The molecule has 0 bridgehead atoms. The van der Waals surface area contributed by atoms with E-state index in [4.69, 9.17) is 0 Å². The van der Waals surface area contributed by atoms with Crippen LogP contribution in [0.15, 0.2) is 24.3 Å². The highest BCUT2D eigenvalue weighted by Crippen LogP contribution is 2.09. The quantitative estimate of drug-likeness (QED) is 0.712. The summed E-state index contributed by atoms with van der Waals surface area (Å²) in [6.07, 6.45) is 1.34. The van der Waals surface area contributed by atoms with E-state index in [1.807, 2.05) is 38.1 Å². The number of hydrogen-bond donors (Lipinski definition) is 0. The molecule has 0 aliphatic rings. The number of Topliss-reactive ketones (excluding diaryl/α,β-unsaturated/α-hetero) is 2. The first-order valence-corrected chi connectivity index (χ1v) is 5.63. The Balaban J connectivity index is 2.56. The van der Waals surface area contributed by atoms with Crippen molar-refractivity contribution in [3.63, 3.8) is 0 Å². The molecule has 86 valence electrons. The minimum Gasteiger partial charge on any atom is -0.299 e. The molecule has 1 aromatic rings. The van der Waals surface area contributed by atoms with Crippen molar-refractivity contribution in [2.45, 2.75) is 33.6 Å². The molecule has 0 spiro atoms. The third-order valence-corrected chi connectivity index (χ3v) is 2.66. The number of hydrogen-bond acceptors (Lipinski definition) is 2. The van der Waals surface area contributed by atoms with Crippen LogP contribution in [0.5, 0.6) is 0 Å². The van der Waals surface area contributed by atoms with Crippen LogP contribution in [0.1, 0.15) is 43.1 Å². The predicted octanol–water partition coefficient (Wildman–Crippen LogP) is 3.05. The molecule has 0 unspecified atom stereocenters. The Morgan fingerprint density at radius 1 is 1.12 bits per heavy atom. The Bertz CT molecular complexity index is 374. The van der Waals surface area contributed by atoms with Crippen LogP contribution in [0.25, 0.3) is 0 Å². The summed E-state index contributed by atoms with van der Waals surface area (Å²) in [6, 6.07) is 7.48. The lowest BCUT2D eigenvalue weighted by atomic mass is 10.00. The summed E-state index contributed by atoms with van der Waals surface area (Å²) < 4.78 is 0. The van der Waals surface area contributed by atoms with Gasteiger partial charge in [-0.15, -0.1) is 0 Å². The van der Waals surface area contributed by atoms with E-state index in [1.54, 1.807) is 6.92 Å². The second-order valence-corrected chi connectivity index (χ2v) is 4.37. The zero-order valence-electron chi connectivity index (χ0n) is 10.1. The van der Waals surface area contributed by atoms with Crippen molar-refractivity contribution < 1.29 is 9.59 Å². The largest absolute Gasteiger partial charge is 0.299 e. The van der Waals surface area contributed by atoms with Crippen molar-refractivity contribution in [2.24, 2.45) is 5.92 Å². The topological polar surface area (TPSA) is 34.1 Å². The van der Waals surface area contributed by atoms with Crippen molar-refractivity contribution in [3.05, 3.63) is 35.4 Å². The first-order valence-electron chi connectivity index (χ1n) is 5.63. The first kappa shape index (κ1) is 12.6. The van der Waals surface area contributed by atoms with Gasteiger partial charge in [0, 0.05) is 17.9 Å². The zero-order chi connectivity index (χ0) is 12.1. The van der Waals surface area contributed by atoms with E-state index in [-0.39, 0.29) is 17.5 Å². The summed E-state index contributed by atoms with van der Waals surface area (Å²) in [7, 11) is 0. The van der Waals surface area contributed by atoms with Gasteiger partial charge in [-0.3, -0.25) is 9.59 Å². The van der Waals surface area contributed by atoms with Gasteiger partial charge in [-0.1, -0.05) is 38.1 Å². The number of carbonyl (C=O) groups excluding carboxylic acids is 2. The maximum atomic E-state index is 11.4. The number of carbonyl (C=O) groups is 2. The Morgan fingerprint density at radius 3 is 2.12 bits per heavy atom. The highest BCUT2D eigenvalue weighted by molar-refractivity contribution is 5.94. The fourth-order valence-corrected chi connectivity index (χ4v) is 1.46. The van der Waals surface area contributed by atoms with Crippen LogP contribution >= 0.6 is 0 Å². The molecule has 0 aliphatic carbocycles. The number of rotatable bonds is 5. The average molecular weight is 218 g/mol. The fourth-order valence-electron chi connectivity index (χ4n) is 1.46. The summed E-state index contributed by atoms with van der Waals surface area (Å²) in [5, 5.41) is 0. The van der Waals surface area contributed by atoms with E-state index in [0.29, 0.717) is 6.42 Å². The summed E-state index contributed by atoms with van der Waals surface area (Å²) in [5.41, 5.74) is 1.83. The summed E-state index contributed by atoms with van der Waals surface area (Å²) >= 11 is 0. The predicted molar refractivity (Wildman–Crippen MR) is 64.6 cm³/mol. The smallest absolute Gasteiger partial charge is 0.159 e. The van der Waals surface area contributed by atoms with Gasteiger partial charge in [-0.25, -0.2) is 0 Å². The highest BCUT2D eigenvalue weighted by Gasteiger charge is 2.07. The zero-order valence-corrected chi connectivity index (χ0v) is 10.1. The SMILES string of the molecule is CC(=O)c1ccc(CCC(=O)C(C)C)cc1. The molecule has 0 aromatic heterocycles. The Labute approximate surface area is 96.7 Å². The molecule has 1 aromatic carbocycles. The number of ketones is 2. The van der Waals surface area contributed by atoms with Crippen LogP contribution < -0.4 is 0 Å². The van der Waals surface area contributed by atoms with Crippen LogP contribution in [-0.2, 0) is 11.2 Å². The van der Waals surface area contributed by atoms with E-state index in [0.717, 1.165) is 17.5 Å². The minimum absolute atomic E-state index is 0.0739. The second kappa shape index (κ2) is 5.59. The second-order valence-electron chi connectivity index (χ2n) is 4.37. The minimum atomic E-state index is 0.0739. The van der Waals surface area contributed by atoms with Gasteiger partial charge in [-0.2, -0.15) is 0 Å². The molecule has 2 nitrogen and oxygen atoms in total. The highest BCUT2D eigenvalue weighted by atomic mass is 16.1. The fraction of sp³-hybridized carbons (Fsp3) is 0.429. The third-order valence-electron chi connectivity index (χ3n) is 2.66. The molecular formula is C14H18O2. The third kappa shape index (κ3) is 3.61. The van der Waals surface area contributed by atoms with Crippen LogP contribution in [0.3, 0.4) is 0 Å². The maximum Gasteiger partial charge on any atom is 0.159 e. The Kier molecular flexibility index (Phi) is 4.41. The van der Waals surface area contributed by atoms with Crippen LogP contribution in [-0.4, -0.2) is 11.6 Å². The van der Waals surface area contributed by atoms with Crippen molar-refractivity contribution in [1.82, 2.24) is 0 Å². The van der Waals surface area contributed by atoms with Crippen molar-refractivity contribution in [3.8, 4) is 0 Å². The van der Waals surface area contributed by atoms with Crippen molar-refractivity contribution in [2.75, 3.05) is 0 Å². The van der Waals surface area contributed by atoms with Crippen molar-refractivity contribution in [1.29, 1.82) is 0 Å². The van der Waals surface area contributed by atoms with E-state index >= 15 is 0 Å². The number of aryl methyl sites for hydroxylation is 1. The molecule has 16 heavy (non-hydrogen) atoms. The van der Waals surface area contributed by atoms with Gasteiger partial charge in [0.2, 0.25) is 0 Å². The molecule has 0 amide bonds. The molecule has 2 heteroatoms. The van der Waals surface area contributed by atoms with Gasteiger partial charge in [0.05, 0.1) is 0 Å². The molecule has 0 fully saturated rings. The maximum absolute atomic E-state index is 11.4. The molecule has 0 saturated heterocycles. The van der Waals surface area contributed by atoms with Gasteiger partial charge in [0.25, 0.3) is 0 Å². The summed E-state index contributed by atoms with van der Waals surface area (Å²) in [5.74, 6) is 0.469. The molecule has 1 rings (SSSR count). The number of benzene rings is 1. The van der Waals surface area contributed by atoms with E-state index in [9.17, 15) is 9.59 Å². The molecule has 0 radical (unpaired) electrons. The lowest BCUT2D eigenvalue weighted by molar-refractivity contribution is -0.121. The Hall–Kier alpha value is -1.44. The van der Waals surface area contributed by atoms with E-state index < -0.39 is 0 Å². The van der Waals surface area contributed by atoms with Gasteiger partial charge >= 0.3 is 0 Å². The molecule has 0 N–H and O–H groups in total. The van der Waals surface area contributed by atoms with Crippen molar-refractivity contribution >= 4 is 11.6 Å². The van der Waals surface area contributed by atoms with Gasteiger partial charge < -0.3 is 0 Å². The van der Waals surface area contributed by atoms with Crippen LogP contribution in [0.2, 0.25) is 0 Å². The van der Waals surface area contributed by atoms with E-state index in [1.165, 1.54) is 0 Å². The van der Waals surface area contributed by atoms with Gasteiger partial charge in [0.15, 0.2) is 5.78 Å². The standard InChI is InChI=1S/C14H18O2/c1-10(2)14(16)9-6-12-4-7-13(8-5-12)11(3)15/h4-5,7-8,10H,6,9H2,1-3H3. The van der Waals surface area contributed by atoms with Crippen LogP contribution in [0, 0.1) is 5.92 Å². The lowest BCUT2D eigenvalue weighted by Gasteiger charge is -2.04. The molecule has 0 atom stereocenters. The summed E-state index contributed by atoms with van der Waals surface area (Å²) in [6.45, 7) is 5.39. The van der Waals surface area contributed by atoms with Crippen LogP contribution in [0.4, 0.5) is 0 Å². The molecule has 0 aliphatic heterocycles. The van der Waals surface area contributed by atoms with Gasteiger partial charge in [0.1, 0.15) is 5.78 Å². The lowest BCUT2D eigenvalue weighted by Crippen LogP contribution is -2.07. The average Bonchev–Trinajstić information content (AvgIpc) is 2.26. The monoisotopic (exact) mass is 218 g/mol. The normalized spacial score (nSPS) is 10.5. The molecule has 0 heterocycles. The first-order chi connectivity index (χ1) is 7.50. The Morgan fingerprint density at radius 2 is 1.69 bits per heavy atom. The molecule has 0 saturated carbocycles. The summed E-state index contributed by atoms with van der Waals surface area (Å²) in [4.78, 5) is 22.5.